The fourth-order valence-corrected chi connectivity index (χ4v) is 2.78. The van der Waals surface area contributed by atoms with E-state index in [1.54, 1.807) is 0 Å². The van der Waals surface area contributed by atoms with Crippen LogP contribution < -0.4 is 15.2 Å². The van der Waals surface area contributed by atoms with E-state index in [1.165, 1.54) is 0 Å². The van der Waals surface area contributed by atoms with Crippen LogP contribution in [0.4, 0.5) is 0 Å². The van der Waals surface area contributed by atoms with Crippen LogP contribution in [0.3, 0.4) is 0 Å². The largest absolute Gasteiger partial charge is 0.454 e. The highest BCUT2D eigenvalue weighted by Crippen LogP contribution is 2.40. The third-order valence-corrected chi connectivity index (χ3v) is 3.83. The van der Waals surface area contributed by atoms with E-state index in [1.807, 2.05) is 17.0 Å². The molecule has 1 aromatic rings. The van der Waals surface area contributed by atoms with Gasteiger partial charge in [-0.25, -0.2) is 4.99 Å². The van der Waals surface area contributed by atoms with Gasteiger partial charge in [-0.1, -0.05) is 0 Å². The summed E-state index contributed by atoms with van der Waals surface area (Å²) in [6.07, 6.45) is 0. The van der Waals surface area contributed by atoms with E-state index in [2.05, 4.69) is 20.9 Å². The minimum absolute atomic E-state index is 0.260. The third-order valence-electron chi connectivity index (χ3n) is 3.25. The first kappa shape index (κ1) is 13.5. The smallest absolute Gasteiger partial charge is 0.231 e. The van der Waals surface area contributed by atoms with Gasteiger partial charge in [0, 0.05) is 13.1 Å². The lowest BCUT2D eigenvalue weighted by atomic mass is 10.2. The van der Waals surface area contributed by atoms with Crippen LogP contribution in [0.15, 0.2) is 21.6 Å². The number of hydrogen-bond acceptors (Lipinski definition) is 4. The molecular weight excluding hydrogens is 326 g/mol. The Bertz CT molecular complexity index is 530. The minimum atomic E-state index is 0.260. The van der Waals surface area contributed by atoms with Crippen LogP contribution in [-0.4, -0.2) is 44.0 Å². The lowest BCUT2D eigenvalue weighted by molar-refractivity contribution is 0.0674. The molecule has 0 radical (unpaired) electrons. The molecule has 0 saturated carbocycles. The molecule has 0 aliphatic carbocycles. The normalized spacial score (nSPS) is 18.4. The van der Waals surface area contributed by atoms with Crippen LogP contribution in [0.1, 0.15) is 5.56 Å². The van der Waals surface area contributed by atoms with Gasteiger partial charge in [0.05, 0.1) is 24.2 Å². The average Bonchev–Trinajstić information content (AvgIpc) is 2.94. The summed E-state index contributed by atoms with van der Waals surface area (Å²) in [6, 6.07) is 3.91. The molecule has 2 heterocycles. The maximum Gasteiger partial charge on any atom is 0.231 e. The first-order chi connectivity index (χ1) is 9.74. The molecule has 2 N–H and O–H groups in total. The van der Waals surface area contributed by atoms with Crippen LogP contribution in [0.2, 0.25) is 0 Å². The van der Waals surface area contributed by atoms with Gasteiger partial charge >= 0.3 is 0 Å². The summed E-state index contributed by atoms with van der Waals surface area (Å²) in [4.78, 5) is 6.47. The highest BCUT2D eigenvalue weighted by atomic mass is 79.9. The summed E-state index contributed by atoms with van der Waals surface area (Å²) >= 11 is 3.47. The Morgan fingerprint density at radius 1 is 1.30 bits per heavy atom. The predicted octanol–water partition coefficient (Wildman–Crippen LogP) is 1.32. The molecule has 2 aliphatic heterocycles. The zero-order valence-corrected chi connectivity index (χ0v) is 12.6. The van der Waals surface area contributed by atoms with Crippen molar-refractivity contribution in [3.05, 3.63) is 22.2 Å². The third kappa shape index (κ3) is 2.83. The van der Waals surface area contributed by atoms with Crippen LogP contribution >= 0.6 is 15.9 Å². The Morgan fingerprint density at radius 2 is 2.10 bits per heavy atom. The van der Waals surface area contributed by atoms with Crippen LogP contribution in [0.25, 0.3) is 0 Å². The number of guanidine groups is 1. The molecule has 0 aromatic heterocycles. The number of nitrogens with zero attached hydrogens (tertiary/aromatic N) is 2. The Kier molecular flexibility index (Phi) is 3.98. The van der Waals surface area contributed by atoms with Crippen molar-refractivity contribution in [1.82, 2.24) is 4.90 Å². The first-order valence-corrected chi connectivity index (χ1v) is 7.24. The fourth-order valence-electron chi connectivity index (χ4n) is 2.18. The van der Waals surface area contributed by atoms with Gasteiger partial charge in [0.2, 0.25) is 6.79 Å². The molecule has 0 unspecified atom stereocenters. The summed E-state index contributed by atoms with van der Waals surface area (Å²) in [6.45, 7) is 3.76. The number of aliphatic imine (C=N–C) groups is 1. The maximum atomic E-state index is 6.00. The summed E-state index contributed by atoms with van der Waals surface area (Å²) < 4.78 is 16.9. The van der Waals surface area contributed by atoms with Crippen molar-refractivity contribution < 1.29 is 14.2 Å². The molecule has 20 heavy (non-hydrogen) atoms. The van der Waals surface area contributed by atoms with E-state index in [4.69, 9.17) is 19.9 Å². The first-order valence-electron chi connectivity index (χ1n) is 6.44. The van der Waals surface area contributed by atoms with Crippen molar-refractivity contribution in [2.24, 2.45) is 10.7 Å². The molecule has 1 aromatic carbocycles. The highest BCUT2D eigenvalue weighted by Gasteiger charge is 2.18. The van der Waals surface area contributed by atoms with Gasteiger partial charge in [-0.2, -0.15) is 0 Å². The van der Waals surface area contributed by atoms with Gasteiger partial charge in [0.15, 0.2) is 17.5 Å². The number of benzene rings is 1. The zero-order valence-electron chi connectivity index (χ0n) is 11.0. The van der Waals surface area contributed by atoms with Crippen molar-refractivity contribution >= 4 is 21.9 Å². The van der Waals surface area contributed by atoms with E-state index in [0.717, 1.165) is 34.6 Å². The molecule has 2 aliphatic rings. The number of fused-ring (bicyclic) bond motifs is 1. The molecule has 3 rings (SSSR count). The van der Waals surface area contributed by atoms with Crippen molar-refractivity contribution in [3.8, 4) is 11.5 Å². The molecule has 1 fully saturated rings. The standard InChI is InChI=1S/C13H16BrN3O3/c14-10-5-9(6-11-12(10)20-8-19-11)7-16-13(15)17-1-3-18-4-2-17/h5-6H,1-4,7-8H2,(H2,15,16). The molecule has 108 valence electrons. The lowest BCUT2D eigenvalue weighted by Crippen LogP contribution is -2.44. The molecule has 7 heteroatoms. The number of halogens is 1. The highest BCUT2D eigenvalue weighted by molar-refractivity contribution is 9.10. The second kappa shape index (κ2) is 5.88. The Morgan fingerprint density at radius 3 is 2.90 bits per heavy atom. The predicted molar refractivity (Wildman–Crippen MR) is 78.0 cm³/mol. The van der Waals surface area contributed by atoms with Gasteiger partial charge < -0.3 is 24.8 Å². The quantitative estimate of drug-likeness (QED) is 0.649. The van der Waals surface area contributed by atoms with Crippen LogP contribution in [-0.2, 0) is 11.3 Å². The summed E-state index contributed by atoms with van der Waals surface area (Å²) in [5, 5.41) is 0. The number of morpholine rings is 1. The summed E-state index contributed by atoms with van der Waals surface area (Å²) in [5.74, 6) is 2.05. The van der Waals surface area contributed by atoms with Crippen molar-refractivity contribution in [2.75, 3.05) is 33.1 Å². The summed E-state index contributed by atoms with van der Waals surface area (Å²) in [5.41, 5.74) is 7.03. The second-order valence-corrected chi connectivity index (χ2v) is 5.44. The molecule has 0 spiro atoms. The van der Waals surface area contributed by atoms with Gasteiger partial charge in [-0.15, -0.1) is 0 Å². The molecule has 0 atom stereocenters. The van der Waals surface area contributed by atoms with E-state index in [0.29, 0.717) is 25.7 Å². The van der Waals surface area contributed by atoms with Gasteiger partial charge in [0.25, 0.3) is 0 Å². The Hall–Kier alpha value is -1.47. The second-order valence-electron chi connectivity index (χ2n) is 4.59. The maximum absolute atomic E-state index is 6.00. The number of rotatable bonds is 2. The molecule has 0 amide bonds. The van der Waals surface area contributed by atoms with Gasteiger partial charge in [-0.3, -0.25) is 0 Å². The number of ether oxygens (including phenoxy) is 3. The monoisotopic (exact) mass is 341 g/mol. The topological polar surface area (TPSA) is 69.3 Å². The SMILES string of the molecule is NC(=NCc1cc(Br)c2c(c1)OCO2)N1CCOCC1. The van der Waals surface area contributed by atoms with Gasteiger partial charge in [0.1, 0.15) is 0 Å². The van der Waals surface area contributed by atoms with Crippen molar-refractivity contribution in [3.63, 3.8) is 0 Å². The molecular formula is C13H16BrN3O3. The van der Waals surface area contributed by atoms with Gasteiger partial charge in [-0.05, 0) is 33.6 Å². The fraction of sp³-hybridized carbons (Fsp3) is 0.462. The van der Waals surface area contributed by atoms with E-state index >= 15 is 0 Å². The average molecular weight is 342 g/mol. The minimum Gasteiger partial charge on any atom is -0.454 e. The lowest BCUT2D eigenvalue weighted by Gasteiger charge is -2.27. The van der Waals surface area contributed by atoms with Crippen molar-refractivity contribution in [2.45, 2.75) is 6.54 Å². The molecule has 0 bridgehead atoms. The van der Waals surface area contributed by atoms with Crippen molar-refractivity contribution in [1.29, 1.82) is 0 Å². The molecule has 6 nitrogen and oxygen atoms in total. The van der Waals surface area contributed by atoms with Crippen LogP contribution in [0.5, 0.6) is 11.5 Å². The number of nitrogens with two attached hydrogens (primary N) is 1. The summed E-state index contributed by atoms with van der Waals surface area (Å²) in [7, 11) is 0. The number of hydrogen-bond donors (Lipinski definition) is 1. The zero-order chi connectivity index (χ0) is 13.9. The Balaban J connectivity index is 1.70. The van der Waals surface area contributed by atoms with E-state index < -0.39 is 0 Å². The van der Waals surface area contributed by atoms with E-state index in [9.17, 15) is 0 Å². The Labute approximate surface area is 125 Å². The molecule has 1 saturated heterocycles. The van der Waals surface area contributed by atoms with E-state index in [-0.39, 0.29) is 6.79 Å². The van der Waals surface area contributed by atoms with Crippen LogP contribution in [0, 0.1) is 0 Å².